The number of hydrogen-bond donors (Lipinski definition) is 1. The molecule has 3 aromatic heterocycles. The number of fused-ring (bicyclic) bond motifs is 1. The lowest BCUT2D eigenvalue weighted by Gasteiger charge is -2.12. The monoisotopic (exact) mass is 470 g/mol. The first-order valence-electron chi connectivity index (χ1n) is 11.1. The van der Waals surface area contributed by atoms with E-state index in [2.05, 4.69) is 6.07 Å². The fraction of sp³-hybridized carbons (Fsp3) is 0. The Kier molecular flexibility index (Phi) is 5.10. The first kappa shape index (κ1) is 20.8. The molecule has 6 heteroatoms. The van der Waals surface area contributed by atoms with Crippen LogP contribution in [0.25, 0.3) is 49.7 Å². The van der Waals surface area contributed by atoms with Crippen LogP contribution < -0.4 is 0 Å². The Bertz CT molecular complexity index is 1680. The summed E-state index contributed by atoms with van der Waals surface area (Å²) in [5, 5.41) is 28.1. The number of benzene rings is 3. The summed E-state index contributed by atoms with van der Waals surface area (Å²) in [5.41, 5.74) is 5.89. The topological polar surface area (TPSA) is 74.7 Å². The quantitative estimate of drug-likeness (QED) is 0.299. The molecule has 3 aromatic carbocycles. The molecule has 0 unspecified atom stereocenters. The van der Waals surface area contributed by atoms with Gasteiger partial charge < -0.3 is 5.11 Å². The number of hydrogen-bond acceptors (Lipinski definition) is 5. The maximum atomic E-state index is 10.4. The molecule has 0 amide bonds. The van der Waals surface area contributed by atoms with Crippen molar-refractivity contribution in [2.45, 2.75) is 0 Å². The SMILES string of the molecule is N#Cc1c(-c2cccs2)nc2c(c(-c3ccccc3)nn2-c2ccccc2)c1-c1ccc(O)cc1. The number of aromatic nitrogens is 3. The number of thiophene rings is 1. The number of phenolic OH excluding ortho intramolecular Hbond substituents is 1. The van der Waals surface area contributed by atoms with Crippen molar-refractivity contribution in [3.8, 4) is 50.5 Å². The maximum Gasteiger partial charge on any atom is 0.164 e. The summed E-state index contributed by atoms with van der Waals surface area (Å²) in [7, 11) is 0. The normalized spacial score (nSPS) is 10.9. The Balaban J connectivity index is 1.82. The van der Waals surface area contributed by atoms with Crippen molar-refractivity contribution in [3.63, 3.8) is 0 Å². The number of phenols is 1. The van der Waals surface area contributed by atoms with E-state index in [1.165, 1.54) is 0 Å². The number of pyridine rings is 1. The van der Waals surface area contributed by atoms with Crippen LogP contribution in [0.4, 0.5) is 0 Å². The van der Waals surface area contributed by atoms with Gasteiger partial charge in [-0.2, -0.15) is 10.4 Å². The average molecular weight is 471 g/mol. The van der Waals surface area contributed by atoms with E-state index in [-0.39, 0.29) is 5.75 Å². The summed E-state index contributed by atoms with van der Waals surface area (Å²) in [5.74, 6) is 0.166. The molecule has 5 nitrogen and oxygen atoms in total. The van der Waals surface area contributed by atoms with Crippen molar-refractivity contribution in [1.82, 2.24) is 14.8 Å². The summed E-state index contributed by atoms with van der Waals surface area (Å²) in [4.78, 5) is 5.96. The molecule has 0 fully saturated rings. The average Bonchev–Trinajstić information content (AvgIpc) is 3.58. The summed E-state index contributed by atoms with van der Waals surface area (Å²) in [6.07, 6.45) is 0. The van der Waals surface area contributed by atoms with Gasteiger partial charge in [-0.3, -0.25) is 0 Å². The second-order valence-electron chi connectivity index (χ2n) is 8.01. The van der Waals surface area contributed by atoms with Gasteiger partial charge in [-0.15, -0.1) is 11.3 Å². The lowest BCUT2D eigenvalue weighted by atomic mass is 9.93. The van der Waals surface area contributed by atoms with E-state index in [1.807, 2.05) is 95.0 Å². The van der Waals surface area contributed by atoms with E-state index >= 15 is 0 Å². The van der Waals surface area contributed by atoms with Crippen LogP contribution in [0.1, 0.15) is 5.56 Å². The minimum absolute atomic E-state index is 0.166. The predicted octanol–water partition coefficient (Wildman–Crippen LogP) is 7.06. The minimum Gasteiger partial charge on any atom is -0.508 e. The van der Waals surface area contributed by atoms with Gasteiger partial charge in [-0.25, -0.2) is 9.67 Å². The highest BCUT2D eigenvalue weighted by Gasteiger charge is 2.25. The Morgan fingerprint density at radius 3 is 2.14 bits per heavy atom. The Morgan fingerprint density at radius 1 is 0.771 bits per heavy atom. The summed E-state index contributed by atoms with van der Waals surface area (Å²) in [6, 6.07) is 33.1. The van der Waals surface area contributed by atoms with Gasteiger partial charge in [-0.05, 0) is 41.3 Å². The van der Waals surface area contributed by atoms with Crippen LogP contribution in [-0.4, -0.2) is 19.9 Å². The number of nitrogens with zero attached hydrogens (tertiary/aromatic N) is 4. The lowest BCUT2D eigenvalue weighted by Crippen LogP contribution is -2.00. The van der Waals surface area contributed by atoms with Crippen molar-refractivity contribution < 1.29 is 5.11 Å². The molecule has 6 aromatic rings. The molecule has 0 aliphatic carbocycles. The molecular weight excluding hydrogens is 452 g/mol. The summed E-state index contributed by atoms with van der Waals surface area (Å²) >= 11 is 1.54. The summed E-state index contributed by atoms with van der Waals surface area (Å²) in [6.45, 7) is 0. The van der Waals surface area contributed by atoms with Crippen LogP contribution in [0.15, 0.2) is 102 Å². The van der Waals surface area contributed by atoms with Crippen molar-refractivity contribution in [3.05, 3.63) is 108 Å². The largest absolute Gasteiger partial charge is 0.508 e. The van der Waals surface area contributed by atoms with Gasteiger partial charge in [0.25, 0.3) is 0 Å². The molecule has 0 saturated carbocycles. The molecule has 0 bridgehead atoms. The van der Waals surface area contributed by atoms with Crippen LogP contribution >= 0.6 is 11.3 Å². The van der Waals surface area contributed by atoms with Crippen molar-refractivity contribution in [1.29, 1.82) is 5.26 Å². The number of nitriles is 1. The maximum absolute atomic E-state index is 10.4. The third-order valence-electron chi connectivity index (χ3n) is 5.89. The Hall–Kier alpha value is -4.73. The summed E-state index contributed by atoms with van der Waals surface area (Å²) < 4.78 is 1.85. The zero-order chi connectivity index (χ0) is 23.8. The molecule has 35 heavy (non-hydrogen) atoms. The molecule has 1 N–H and O–H groups in total. The third-order valence-corrected chi connectivity index (χ3v) is 6.76. The van der Waals surface area contributed by atoms with Crippen molar-refractivity contribution in [2.75, 3.05) is 0 Å². The molecule has 0 spiro atoms. The van der Waals surface area contributed by atoms with E-state index < -0.39 is 0 Å². The molecule has 0 radical (unpaired) electrons. The van der Waals surface area contributed by atoms with Gasteiger partial charge in [0, 0.05) is 11.1 Å². The van der Waals surface area contributed by atoms with Gasteiger partial charge in [0.15, 0.2) is 5.65 Å². The Labute approximate surface area is 205 Å². The zero-order valence-corrected chi connectivity index (χ0v) is 19.3. The van der Waals surface area contributed by atoms with Gasteiger partial charge in [0.1, 0.15) is 23.2 Å². The van der Waals surface area contributed by atoms with E-state index in [1.54, 1.807) is 23.5 Å². The molecule has 0 aliphatic rings. The van der Waals surface area contributed by atoms with Crippen LogP contribution in [-0.2, 0) is 0 Å². The minimum atomic E-state index is 0.166. The second-order valence-corrected chi connectivity index (χ2v) is 8.95. The highest BCUT2D eigenvalue weighted by atomic mass is 32.1. The van der Waals surface area contributed by atoms with Gasteiger partial charge in [0.05, 0.1) is 21.5 Å². The smallest absolute Gasteiger partial charge is 0.164 e. The molecule has 0 saturated heterocycles. The fourth-order valence-corrected chi connectivity index (χ4v) is 5.03. The molecule has 0 atom stereocenters. The number of rotatable bonds is 4. The van der Waals surface area contributed by atoms with E-state index in [9.17, 15) is 10.4 Å². The standard InChI is InChI=1S/C29H18N4OS/c30-18-23-25(19-13-15-22(34)16-14-19)26-27(20-8-3-1-4-9-20)32-33(21-10-5-2-6-11-21)29(26)31-28(23)24-12-7-17-35-24/h1-17,34H. The number of para-hydroxylation sites is 1. The fourth-order valence-electron chi connectivity index (χ4n) is 4.31. The van der Waals surface area contributed by atoms with E-state index in [0.717, 1.165) is 38.3 Å². The van der Waals surface area contributed by atoms with E-state index in [4.69, 9.17) is 10.1 Å². The van der Waals surface area contributed by atoms with Crippen LogP contribution in [0, 0.1) is 11.3 Å². The van der Waals surface area contributed by atoms with Crippen molar-refractivity contribution >= 4 is 22.4 Å². The second kappa shape index (κ2) is 8.56. The molecule has 166 valence electrons. The van der Waals surface area contributed by atoms with Crippen LogP contribution in [0.3, 0.4) is 0 Å². The number of aromatic hydroxyl groups is 1. The highest BCUT2D eigenvalue weighted by Crippen LogP contribution is 2.42. The van der Waals surface area contributed by atoms with Gasteiger partial charge in [0.2, 0.25) is 0 Å². The third kappa shape index (κ3) is 3.55. The molecular formula is C29H18N4OS. The first-order chi connectivity index (χ1) is 17.2. The lowest BCUT2D eigenvalue weighted by molar-refractivity contribution is 0.475. The van der Waals surface area contributed by atoms with Crippen LogP contribution in [0.2, 0.25) is 0 Å². The molecule has 0 aliphatic heterocycles. The van der Waals surface area contributed by atoms with Gasteiger partial charge >= 0.3 is 0 Å². The molecule has 3 heterocycles. The Morgan fingerprint density at radius 2 is 1.49 bits per heavy atom. The molecule has 6 rings (SSSR count). The van der Waals surface area contributed by atoms with Crippen LogP contribution in [0.5, 0.6) is 5.75 Å². The highest BCUT2D eigenvalue weighted by molar-refractivity contribution is 7.13. The van der Waals surface area contributed by atoms with Crippen molar-refractivity contribution in [2.24, 2.45) is 0 Å². The van der Waals surface area contributed by atoms with E-state index in [0.29, 0.717) is 16.9 Å². The predicted molar refractivity (Wildman–Crippen MR) is 139 cm³/mol. The zero-order valence-electron chi connectivity index (χ0n) is 18.5. The van der Waals surface area contributed by atoms with Gasteiger partial charge in [-0.1, -0.05) is 66.7 Å². The first-order valence-corrected chi connectivity index (χ1v) is 11.9.